The lowest BCUT2D eigenvalue weighted by atomic mass is 9.78. The van der Waals surface area contributed by atoms with Crippen molar-refractivity contribution >= 4 is 37.5 Å². The molecule has 1 amide bonds. The average Bonchev–Trinajstić information content (AvgIpc) is 3.36. The number of fused-ring (bicyclic) bond motifs is 3. The molecule has 426 valence electrons. The number of nitrogens with zero attached hydrogens (tertiary/aromatic N) is 1. The number of ketones is 3. The molecule has 2 N–H and O–H groups in total. The number of cyclic esters (lactones) is 1. The molecule has 3 aliphatic heterocycles. The Balaban J connectivity index is 1.65. The van der Waals surface area contributed by atoms with E-state index in [2.05, 4.69) is 33.9 Å². The molecule has 15 atom stereocenters. The maximum absolute atomic E-state index is 14.6. The lowest BCUT2D eigenvalue weighted by Crippen LogP contribution is -2.61. The Morgan fingerprint density at radius 3 is 2.20 bits per heavy atom. The van der Waals surface area contributed by atoms with Crippen LogP contribution in [0.2, 0.25) is 18.1 Å². The fourth-order valence-corrected chi connectivity index (χ4v) is 12.0. The molecule has 16 heteroatoms. The van der Waals surface area contributed by atoms with Crippen molar-refractivity contribution in [1.82, 2.24) is 4.90 Å². The second-order valence-electron chi connectivity index (χ2n) is 24.0. The summed E-state index contributed by atoms with van der Waals surface area (Å²) in [6.07, 6.45) is 12.4. The van der Waals surface area contributed by atoms with E-state index in [0.29, 0.717) is 70.2 Å². The van der Waals surface area contributed by atoms with Crippen LogP contribution in [0.5, 0.6) is 0 Å². The van der Waals surface area contributed by atoms with E-state index in [9.17, 15) is 34.2 Å². The van der Waals surface area contributed by atoms with Crippen LogP contribution in [0.25, 0.3) is 0 Å². The molecule has 4 aliphatic rings. The molecule has 0 spiro atoms. The highest BCUT2D eigenvalue weighted by Gasteiger charge is 2.53. The van der Waals surface area contributed by atoms with Crippen molar-refractivity contribution in [2.75, 3.05) is 41.1 Å². The molecule has 2 saturated heterocycles. The number of methoxy groups -OCH3 is 3. The normalized spacial score (nSPS) is 34.9. The Bertz CT molecular complexity index is 2030. The fraction of sp³-hybridized carbons (Fsp3) is 0.780. The predicted molar refractivity (Wildman–Crippen MR) is 292 cm³/mol. The summed E-state index contributed by atoms with van der Waals surface area (Å²) in [6.45, 7) is 24.9. The molecule has 0 aromatic rings. The van der Waals surface area contributed by atoms with Gasteiger partial charge in [-0.3, -0.25) is 19.2 Å². The van der Waals surface area contributed by atoms with E-state index in [0.717, 1.165) is 18.4 Å². The predicted octanol–water partition coefficient (Wildman–Crippen LogP) is 9.23. The maximum atomic E-state index is 14.6. The number of esters is 1. The zero-order valence-corrected chi connectivity index (χ0v) is 49.4. The van der Waals surface area contributed by atoms with Crippen LogP contribution < -0.4 is 0 Å². The van der Waals surface area contributed by atoms with Crippen LogP contribution >= 0.6 is 0 Å². The number of rotatable bonds is 11. The highest BCUT2D eigenvalue weighted by molar-refractivity contribution is 6.74. The Labute approximate surface area is 451 Å². The number of aliphatic hydroxyl groups is 2. The topological polar surface area (TPSA) is 194 Å². The SMILES string of the molecule is CO[C@H]1C[C@@H]2CC[C@@H](C)[C@@](O)(O2)C(=O)C(=O)N2CCCC[C@H]2C(=O)O[C@H]([C@H](C)C[C@@H]2CC[C@@H](OCCO[Si](C)(C)C(C)(C)C)[C@H](OC)C2)CC(=O)[C@H](C)C=C(C)[C@@H](O)[C@@H](OC)C(=O)[C@H](C)C[C@H](C)C=CC=CC=C1C. The summed E-state index contributed by atoms with van der Waals surface area (Å²) in [4.78, 5) is 72.7. The van der Waals surface area contributed by atoms with Crippen molar-refractivity contribution in [2.45, 2.75) is 219 Å². The van der Waals surface area contributed by atoms with Crippen LogP contribution in [0, 0.1) is 35.5 Å². The average molecular weight is 1070 g/mol. The summed E-state index contributed by atoms with van der Waals surface area (Å²) in [7, 11) is 2.73. The number of hydrogen-bond acceptors (Lipinski definition) is 14. The van der Waals surface area contributed by atoms with E-state index in [1.807, 2.05) is 58.1 Å². The second-order valence-corrected chi connectivity index (χ2v) is 28.9. The molecule has 3 fully saturated rings. The van der Waals surface area contributed by atoms with Gasteiger partial charge in [-0.1, -0.05) is 91.8 Å². The first kappa shape index (κ1) is 64.3. The van der Waals surface area contributed by atoms with Gasteiger partial charge in [0.15, 0.2) is 14.1 Å². The van der Waals surface area contributed by atoms with Crippen LogP contribution in [0.4, 0.5) is 0 Å². The minimum atomic E-state index is -2.43. The van der Waals surface area contributed by atoms with Crippen molar-refractivity contribution in [3.05, 3.63) is 47.6 Å². The summed E-state index contributed by atoms with van der Waals surface area (Å²) < 4.78 is 42.8. The number of carbonyl (C=O) groups is 5. The first-order valence-corrected chi connectivity index (χ1v) is 30.8. The van der Waals surface area contributed by atoms with Gasteiger partial charge < -0.3 is 48.0 Å². The van der Waals surface area contributed by atoms with Crippen molar-refractivity contribution in [2.24, 2.45) is 35.5 Å². The van der Waals surface area contributed by atoms with Crippen LogP contribution in [-0.2, 0) is 56.8 Å². The van der Waals surface area contributed by atoms with Gasteiger partial charge in [0, 0.05) is 58.5 Å². The van der Waals surface area contributed by atoms with E-state index in [1.165, 1.54) is 12.0 Å². The molecular weight excluding hydrogens is 975 g/mol. The first-order chi connectivity index (χ1) is 35.2. The molecule has 3 heterocycles. The maximum Gasteiger partial charge on any atom is 0.329 e. The van der Waals surface area contributed by atoms with Crippen LogP contribution in [0.15, 0.2) is 47.6 Å². The molecule has 0 radical (unpaired) electrons. The molecule has 15 nitrogen and oxygen atoms in total. The van der Waals surface area contributed by atoms with Crippen LogP contribution in [-0.4, -0.2) is 148 Å². The van der Waals surface area contributed by atoms with Gasteiger partial charge in [-0.15, -0.1) is 0 Å². The van der Waals surface area contributed by atoms with Gasteiger partial charge in [0.05, 0.1) is 37.6 Å². The minimum absolute atomic E-state index is 0.0168. The van der Waals surface area contributed by atoms with Gasteiger partial charge >= 0.3 is 5.97 Å². The molecular formula is C59H97NO14Si. The minimum Gasteiger partial charge on any atom is -0.460 e. The number of amides is 1. The number of hydrogen-bond donors (Lipinski definition) is 2. The lowest BCUT2D eigenvalue weighted by Gasteiger charge is -2.42. The number of aliphatic hydroxyl groups excluding tert-OH is 1. The Kier molecular flexibility index (Phi) is 25.0. The largest absolute Gasteiger partial charge is 0.460 e. The molecule has 1 saturated carbocycles. The zero-order chi connectivity index (χ0) is 56.0. The third kappa shape index (κ3) is 17.7. The lowest BCUT2D eigenvalue weighted by molar-refractivity contribution is -0.265. The quantitative estimate of drug-likeness (QED) is 0.0654. The van der Waals surface area contributed by atoms with E-state index in [1.54, 1.807) is 41.1 Å². The molecule has 0 unspecified atom stereocenters. The van der Waals surface area contributed by atoms with Gasteiger partial charge in [0.25, 0.3) is 11.7 Å². The Morgan fingerprint density at radius 1 is 0.840 bits per heavy atom. The monoisotopic (exact) mass is 1070 g/mol. The van der Waals surface area contributed by atoms with E-state index < -0.39 is 86.1 Å². The van der Waals surface area contributed by atoms with Gasteiger partial charge in [0.2, 0.25) is 5.79 Å². The summed E-state index contributed by atoms with van der Waals surface area (Å²) in [5.74, 6) is -7.87. The zero-order valence-electron chi connectivity index (χ0n) is 48.4. The van der Waals surface area contributed by atoms with Crippen molar-refractivity contribution in [1.29, 1.82) is 0 Å². The number of ether oxygens (including phenoxy) is 6. The molecule has 0 aromatic carbocycles. The van der Waals surface area contributed by atoms with Crippen molar-refractivity contribution in [3.8, 4) is 0 Å². The van der Waals surface area contributed by atoms with E-state index in [-0.39, 0.29) is 66.0 Å². The van der Waals surface area contributed by atoms with Gasteiger partial charge in [-0.2, -0.15) is 0 Å². The standard InChI is InChI=1S/C59H97NO14Si/c1-37-21-17-16-18-22-38(2)49(68-11)35-45-26-24-43(7)59(67,74-45)55(64)56(65)60-28-20-19-23-46(60)57(66)73-50(36-47(61)39(3)32-42(6)53(63)54(70-13)52(62)41(5)31-37)40(4)33-44-25-27-48(51(34-44)69-12)71-29-30-72-75(14,15)58(8,9)10/h16-18,21-22,32,37,39-41,43-46,48-51,53-54,63,67H,19-20,23-31,33-36H2,1-15H3/t37-,39-,40-,41-,43-,44+,45+,46+,48-,49+,50+,51-,53-,54+,59-/m1/s1. The summed E-state index contributed by atoms with van der Waals surface area (Å²) in [6, 6.07) is -1.14. The molecule has 2 bridgehead atoms. The van der Waals surface area contributed by atoms with Crippen LogP contribution in [0.1, 0.15) is 146 Å². The molecule has 0 aromatic heterocycles. The second kappa shape index (κ2) is 29.1. The van der Waals surface area contributed by atoms with E-state index >= 15 is 0 Å². The highest BCUT2D eigenvalue weighted by atomic mass is 28.4. The molecule has 4 rings (SSSR count). The fourth-order valence-electron chi connectivity index (χ4n) is 11.0. The highest BCUT2D eigenvalue weighted by Crippen LogP contribution is 2.39. The third-order valence-corrected chi connectivity index (χ3v) is 21.7. The van der Waals surface area contributed by atoms with Gasteiger partial charge in [0.1, 0.15) is 30.1 Å². The number of Topliss-reactive ketones (excluding diaryl/α,β-unsaturated/α-hetero) is 3. The Morgan fingerprint density at radius 2 is 1.55 bits per heavy atom. The number of allylic oxidation sites excluding steroid dienone is 6. The molecule has 75 heavy (non-hydrogen) atoms. The van der Waals surface area contributed by atoms with Crippen LogP contribution in [0.3, 0.4) is 0 Å². The summed E-state index contributed by atoms with van der Waals surface area (Å²) >= 11 is 0. The third-order valence-electron chi connectivity index (χ3n) is 17.1. The van der Waals surface area contributed by atoms with Crippen molar-refractivity contribution < 1.29 is 67.0 Å². The van der Waals surface area contributed by atoms with E-state index in [4.69, 9.17) is 32.8 Å². The number of carbonyl (C=O) groups excluding carboxylic acids is 5. The van der Waals surface area contributed by atoms with Gasteiger partial charge in [-0.25, -0.2) is 4.79 Å². The first-order valence-electron chi connectivity index (χ1n) is 27.9. The smallest absolute Gasteiger partial charge is 0.329 e. The number of piperidine rings is 1. The summed E-state index contributed by atoms with van der Waals surface area (Å²) in [5.41, 5.74) is 1.28. The Hall–Kier alpha value is -3.19. The molecule has 1 aliphatic carbocycles. The van der Waals surface area contributed by atoms with Gasteiger partial charge in [-0.05, 0) is 125 Å². The summed E-state index contributed by atoms with van der Waals surface area (Å²) in [5, 5.41) is 23.7. The van der Waals surface area contributed by atoms with Crippen molar-refractivity contribution in [3.63, 3.8) is 0 Å².